The van der Waals surface area contributed by atoms with Crippen LogP contribution in [0.4, 0.5) is 0 Å². The summed E-state index contributed by atoms with van der Waals surface area (Å²) >= 11 is 0. The van der Waals surface area contributed by atoms with Gasteiger partial charge in [0.05, 0.1) is 0 Å². The fourth-order valence-corrected chi connectivity index (χ4v) is 0.867. The second-order valence-corrected chi connectivity index (χ2v) is 2.62. The molecule has 0 amide bonds. The molecule has 0 N–H and O–H groups in total. The quantitative estimate of drug-likeness (QED) is 0.581. The maximum Gasteiger partial charge on any atom is 0.0305 e. The van der Waals surface area contributed by atoms with E-state index < -0.39 is 6.85 Å². The first-order valence-corrected chi connectivity index (χ1v) is 3.37. The van der Waals surface area contributed by atoms with Gasteiger partial charge in [0, 0.05) is 16.5 Å². The molecule has 0 aromatic carbocycles. The number of rotatable bonds is 1. The van der Waals surface area contributed by atoms with Gasteiger partial charge in [0.1, 0.15) is 0 Å². The molecule has 10 heavy (non-hydrogen) atoms. The summed E-state index contributed by atoms with van der Waals surface area (Å²) in [7, 11) is 0. The van der Waals surface area contributed by atoms with Crippen molar-refractivity contribution in [3.63, 3.8) is 0 Å². The van der Waals surface area contributed by atoms with Gasteiger partial charge in [-0.25, -0.2) is 0 Å². The third-order valence-electron chi connectivity index (χ3n) is 1.47. The summed E-state index contributed by atoms with van der Waals surface area (Å²) in [6, 6.07) is 1.57. The highest BCUT2D eigenvalue weighted by molar-refractivity contribution is 5.24. The van der Waals surface area contributed by atoms with Gasteiger partial charge in [-0.3, -0.25) is 4.98 Å². The van der Waals surface area contributed by atoms with Crippen LogP contribution in [0.1, 0.15) is 35.0 Å². The molecule has 1 nitrogen and oxygen atoms in total. The summed E-state index contributed by atoms with van der Waals surface area (Å²) in [5, 5.41) is 0. The average molecular weight is 138 g/mol. The van der Waals surface area contributed by atoms with E-state index in [1.165, 1.54) is 6.20 Å². The normalized spacial score (nSPS) is 16.1. The number of pyridine rings is 1. The fraction of sp³-hybridized carbons (Fsp3) is 0.444. The Morgan fingerprint density at radius 1 is 1.60 bits per heavy atom. The molecule has 0 aliphatic heterocycles. The molecule has 0 atom stereocenters. The van der Waals surface area contributed by atoms with Crippen molar-refractivity contribution in [2.45, 2.75) is 26.6 Å². The minimum absolute atomic E-state index is 0.198. The van der Waals surface area contributed by atoms with Crippen LogP contribution in [0, 0.1) is 6.85 Å². The molecule has 1 heterocycles. The van der Waals surface area contributed by atoms with Crippen LogP contribution in [-0.4, -0.2) is 4.98 Å². The van der Waals surface area contributed by atoms with Gasteiger partial charge in [-0.05, 0) is 30.0 Å². The van der Waals surface area contributed by atoms with E-state index in [4.69, 9.17) is 4.11 Å². The van der Waals surface area contributed by atoms with Gasteiger partial charge in [-0.15, -0.1) is 0 Å². The SMILES string of the molecule is [2H]C([2H])([2H])c1ccncc1C(C)C. The second kappa shape index (κ2) is 2.82. The molecule has 0 aliphatic carbocycles. The average Bonchev–Trinajstić information content (AvgIpc) is 2.03. The molecule has 0 fully saturated rings. The van der Waals surface area contributed by atoms with Gasteiger partial charge in [0.2, 0.25) is 0 Å². The summed E-state index contributed by atoms with van der Waals surface area (Å²) in [4.78, 5) is 3.93. The Morgan fingerprint density at radius 3 is 2.90 bits per heavy atom. The molecule has 0 saturated carbocycles. The van der Waals surface area contributed by atoms with Gasteiger partial charge in [-0.1, -0.05) is 13.8 Å². The van der Waals surface area contributed by atoms with Gasteiger partial charge in [-0.2, -0.15) is 0 Å². The van der Waals surface area contributed by atoms with Crippen LogP contribution in [0.15, 0.2) is 18.5 Å². The third-order valence-corrected chi connectivity index (χ3v) is 1.47. The lowest BCUT2D eigenvalue weighted by molar-refractivity contribution is 0.847. The molecule has 0 saturated heterocycles. The van der Waals surface area contributed by atoms with Crippen LogP contribution in [-0.2, 0) is 0 Å². The predicted octanol–water partition coefficient (Wildman–Crippen LogP) is 2.51. The lowest BCUT2D eigenvalue weighted by atomic mass is 10.0. The molecule has 0 unspecified atom stereocenters. The fourth-order valence-electron chi connectivity index (χ4n) is 0.867. The van der Waals surface area contributed by atoms with Gasteiger partial charge in [0.15, 0.2) is 0 Å². The van der Waals surface area contributed by atoms with E-state index in [9.17, 15) is 0 Å². The maximum absolute atomic E-state index is 7.31. The monoisotopic (exact) mass is 138 g/mol. The Labute approximate surface area is 66.3 Å². The minimum Gasteiger partial charge on any atom is -0.264 e. The summed E-state index contributed by atoms with van der Waals surface area (Å²) in [6.45, 7) is 1.90. The van der Waals surface area contributed by atoms with Gasteiger partial charge in [0.25, 0.3) is 0 Å². The first-order chi connectivity index (χ1) is 5.93. The Kier molecular flexibility index (Phi) is 1.16. The van der Waals surface area contributed by atoms with E-state index in [2.05, 4.69) is 4.98 Å². The highest BCUT2D eigenvalue weighted by Crippen LogP contribution is 2.16. The lowest BCUT2D eigenvalue weighted by Crippen LogP contribution is -1.91. The molecule has 0 bridgehead atoms. The molecule has 0 radical (unpaired) electrons. The molecule has 1 rings (SSSR count). The van der Waals surface area contributed by atoms with Crippen LogP contribution in [0.3, 0.4) is 0 Å². The first-order valence-electron chi connectivity index (χ1n) is 4.87. The largest absolute Gasteiger partial charge is 0.264 e. The van der Waals surface area contributed by atoms with Crippen molar-refractivity contribution >= 4 is 0 Å². The van der Waals surface area contributed by atoms with E-state index in [0.29, 0.717) is 5.56 Å². The van der Waals surface area contributed by atoms with Crippen molar-refractivity contribution in [3.05, 3.63) is 29.6 Å². The molecule has 1 heteroatoms. The molecule has 54 valence electrons. The predicted molar refractivity (Wildman–Crippen MR) is 43.1 cm³/mol. The Morgan fingerprint density at radius 2 is 2.40 bits per heavy atom. The van der Waals surface area contributed by atoms with Gasteiger partial charge >= 0.3 is 0 Å². The zero-order valence-corrected chi connectivity index (χ0v) is 6.26. The van der Waals surface area contributed by atoms with Crippen molar-refractivity contribution < 1.29 is 4.11 Å². The van der Waals surface area contributed by atoms with E-state index in [1.807, 2.05) is 13.8 Å². The van der Waals surface area contributed by atoms with Crippen LogP contribution >= 0.6 is 0 Å². The van der Waals surface area contributed by atoms with E-state index in [1.54, 1.807) is 12.3 Å². The lowest BCUT2D eigenvalue weighted by Gasteiger charge is -2.06. The number of aromatic nitrogens is 1. The molecule has 1 aromatic heterocycles. The maximum atomic E-state index is 7.31. The molecular weight excluding hydrogens is 122 g/mol. The van der Waals surface area contributed by atoms with E-state index in [-0.39, 0.29) is 5.92 Å². The molecule has 0 spiro atoms. The Balaban J connectivity index is 3.20. The molecule has 1 aromatic rings. The van der Waals surface area contributed by atoms with Crippen LogP contribution in [0.25, 0.3) is 0 Å². The second-order valence-electron chi connectivity index (χ2n) is 2.62. The topological polar surface area (TPSA) is 12.9 Å². The molecular formula is C9H13N. The Bertz CT molecular complexity index is 291. The van der Waals surface area contributed by atoms with Crippen molar-refractivity contribution in [2.24, 2.45) is 0 Å². The van der Waals surface area contributed by atoms with E-state index in [0.717, 1.165) is 5.56 Å². The number of hydrogen-bond acceptors (Lipinski definition) is 1. The number of nitrogens with zero attached hydrogens (tertiary/aromatic N) is 1. The summed E-state index contributed by atoms with van der Waals surface area (Å²) < 4.78 is 21.9. The summed E-state index contributed by atoms with van der Waals surface area (Å²) in [5.41, 5.74) is 1.22. The zero-order valence-electron chi connectivity index (χ0n) is 9.26. The smallest absolute Gasteiger partial charge is 0.0305 e. The highest BCUT2D eigenvalue weighted by Gasteiger charge is 2.00. The standard InChI is InChI=1S/C9H13N/c1-7(2)9-6-10-5-4-8(9)3/h4-7H,1-3H3/i3D3. The highest BCUT2D eigenvalue weighted by atomic mass is 14.6. The van der Waals surface area contributed by atoms with Crippen molar-refractivity contribution in [1.82, 2.24) is 4.98 Å². The number of aryl methyl sites for hydroxylation is 1. The van der Waals surface area contributed by atoms with E-state index >= 15 is 0 Å². The van der Waals surface area contributed by atoms with Gasteiger partial charge < -0.3 is 0 Å². The van der Waals surface area contributed by atoms with Crippen molar-refractivity contribution in [1.29, 1.82) is 0 Å². The summed E-state index contributed by atoms with van der Waals surface area (Å²) in [5.74, 6) is 0.198. The minimum atomic E-state index is -2.03. The Hall–Kier alpha value is -0.850. The number of hydrogen-bond donors (Lipinski definition) is 0. The molecule has 0 aliphatic rings. The van der Waals surface area contributed by atoms with Crippen LogP contribution in [0.5, 0.6) is 0 Å². The zero-order chi connectivity index (χ0) is 10.1. The summed E-state index contributed by atoms with van der Waals surface area (Å²) in [6.07, 6.45) is 3.15. The van der Waals surface area contributed by atoms with Crippen molar-refractivity contribution in [3.8, 4) is 0 Å². The third kappa shape index (κ3) is 1.35. The first kappa shape index (κ1) is 4.12. The van der Waals surface area contributed by atoms with Crippen LogP contribution in [0.2, 0.25) is 0 Å². The van der Waals surface area contributed by atoms with Crippen LogP contribution < -0.4 is 0 Å². The van der Waals surface area contributed by atoms with Crippen molar-refractivity contribution in [2.75, 3.05) is 0 Å².